The van der Waals surface area contributed by atoms with E-state index in [1.165, 1.54) is 4.90 Å². The molecular formula is C14H26N2O3. The van der Waals surface area contributed by atoms with Gasteiger partial charge in [0, 0.05) is 6.54 Å². The van der Waals surface area contributed by atoms with Gasteiger partial charge in [-0.1, -0.05) is 33.6 Å². The minimum atomic E-state index is -0.914. The second kappa shape index (κ2) is 6.89. The number of piperidine rings is 1. The first-order valence-corrected chi connectivity index (χ1v) is 7.21. The van der Waals surface area contributed by atoms with E-state index in [0.29, 0.717) is 18.9 Å². The average Bonchev–Trinajstić information content (AvgIpc) is 2.43. The summed E-state index contributed by atoms with van der Waals surface area (Å²) in [4.78, 5) is 25.2. The van der Waals surface area contributed by atoms with Crippen LogP contribution in [0.4, 0.5) is 0 Å². The molecule has 1 amide bonds. The standard InChI is InChI=1S/C14H26N2O3/c1-4-9(3)12(15)13(17)16-7-6-10(5-2)8-11(16)14(18)19/h9-12H,4-8,15H2,1-3H3,(H,18,19). The Morgan fingerprint density at radius 2 is 2.05 bits per heavy atom. The van der Waals surface area contributed by atoms with Crippen LogP contribution < -0.4 is 5.73 Å². The van der Waals surface area contributed by atoms with E-state index in [1.54, 1.807) is 0 Å². The molecule has 110 valence electrons. The first-order chi connectivity index (χ1) is 8.92. The van der Waals surface area contributed by atoms with Crippen molar-refractivity contribution < 1.29 is 14.7 Å². The van der Waals surface area contributed by atoms with Gasteiger partial charge in [0.1, 0.15) is 6.04 Å². The summed E-state index contributed by atoms with van der Waals surface area (Å²) < 4.78 is 0. The predicted molar refractivity (Wildman–Crippen MR) is 73.6 cm³/mol. The van der Waals surface area contributed by atoms with Crippen molar-refractivity contribution in [1.29, 1.82) is 0 Å². The molecule has 1 heterocycles. The second-order valence-corrected chi connectivity index (χ2v) is 5.60. The highest BCUT2D eigenvalue weighted by atomic mass is 16.4. The minimum Gasteiger partial charge on any atom is -0.480 e. The molecule has 1 fully saturated rings. The fraction of sp³-hybridized carbons (Fsp3) is 0.857. The van der Waals surface area contributed by atoms with E-state index in [4.69, 9.17) is 5.73 Å². The molecule has 19 heavy (non-hydrogen) atoms. The fourth-order valence-corrected chi connectivity index (χ4v) is 2.60. The molecule has 0 aromatic carbocycles. The molecule has 1 saturated heterocycles. The van der Waals surface area contributed by atoms with Crippen molar-refractivity contribution in [2.75, 3.05) is 6.54 Å². The highest BCUT2D eigenvalue weighted by Gasteiger charge is 2.38. The third-order valence-electron chi connectivity index (χ3n) is 4.40. The topological polar surface area (TPSA) is 83.6 Å². The predicted octanol–water partition coefficient (Wildman–Crippen LogP) is 1.46. The molecule has 0 aromatic heterocycles. The van der Waals surface area contributed by atoms with E-state index < -0.39 is 18.1 Å². The smallest absolute Gasteiger partial charge is 0.326 e. The molecule has 0 spiro atoms. The number of amides is 1. The number of rotatable bonds is 5. The van der Waals surface area contributed by atoms with E-state index in [9.17, 15) is 14.7 Å². The first kappa shape index (κ1) is 16.0. The third-order valence-corrected chi connectivity index (χ3v) is 4.40. The van der Waals surface area contributed by atoms with Crippen molar-refractivity contribution in [3.8, 4) is 0 Å². The zero-order chi connectivity index (χ0) is 14.6. The molecule has 0 bridgehead atoms. The molecule has 5 nitrogen and oxygen atoms in total. The van der Waals surface area contributed by atoms with Gasteiger partial charge in [-0.25, -0.2) is 4.79 Å². The molecule has 1 rings (SSSR count). The van der Waals surface area contributed by atoms with E-state index in [0.717, 1.165) is 19.3 Å². The number of hydrogen-bond donors (Lipinski definition) is 2. The van der Waals surface area contributed by atoms with Crippen molar-refractivity contribution in [3.05, 3.63) is 0 Å². The van der Waals surface area contributed by atoms with Gasteiger partial charge in [-0.3, -0.25) is 4.79 Å². The quantitative estimate of drug-likeness (QED) is 0.792. The summed E-state index contributed by atoms with van der Waals surface area (Å²) >= 11 is 0. The van der Waals surface area contributed by atoms with E-state index >= 15 is 0 Å². The summed E-state index contributed by atoms with van der Waals surface area (Å²) in [5, 5.41) is 9.31. The van der Waals surface area contributed by atoms with Crippen molar-refractivity contribution in [1.82, 2.24) is 4.90 Å². The number of nitrogens with two attached hydrogens (primary N) is 1. The van der Waals surface area contributed by atoms with Crippen LogP contribution >= 0.6 is 0 Å². The van der Waals surface area contributed by atoms with Crippen LogP contribution in [-0.4, -0.2) is 40.5 Å². The summed E-state index contributed by atoms with van der Waals surface area (Å²) in [6.45, 7) is 6.48. The largest absolute Gasteiger partial charge is 0.480 e. The van der Waals surface area contributed by atoms with Crippen molar-refractivity contribution in [3.63, 3.8) is 0 Å². The van der Waals surface area contributed by atoms with E-state index in [2.05, 4.69) is 6.92 Å². The van der Waals surface area contributed by atoms with E-state index in [1.807, 2.05) is 13.8 Å². The lowest BCUT2D eigenvalue weighted by atomic mass is 9.87. The summed E-state index contributed by atoms with van der Waals surface area (Å²) in [6.07, 6.45) is 3.20. The van der Waals surface area contributed by atoms with Crippen LogP contribution in [0.5, 0.6) is 0 Å². The lowest BCUT2D eigenvalue weighted by molar-refractivity contribution is -0.154. The van der Waals surface area contributed by atoms with Gasteiger partial charge in [-0.2, -0.15) is 0 Å². The second-order valence-electron chi connectivity index (χ2n) is 5.60. The fourth-order valence-electron chi connectivity index (χ4n) is 2.60. The summed E-state index contributed by atoms with van der Waals surface area (Å²) in [5.41, 5.74) is 5.95. The Labute approximate surface area is 115 Å². The maximum atomic E-state index is 12.3. The third kappa shape index (κ3) is 3.69. The summed E-state index contributed by atoms with van der Waals surface area (Å²) in [7, 11) is 0. The Morgan fingerprint density at radius 3 is 2.53 bits per heavy atom. The molecule has 0 saturated carbocycles. The van der Waals surface area contributed by atoms with E-state index in [-0.39, 0.29) is 11.8 Å². The Bertz CT molecular complexity index is 333. The van der Waals surface area contributed by atoms with Crippen LogP contribution in [0, 0.1) is 11.8 Å². The van der Waals surface area contributed by atoms with Crippen LogP contribution in [0.15, 0.2) is 0 Å². The van der Waals surface area contributed by atoms with Gasteiger partial charge in [0.05, 0.1) is 6.04 Å². The monoisotopic (exact) mass is 270 g/mol. The Hall–Kier alpha value is -1.10. The molecule has 4 atom stereocenters. The van der Waals surface area contributed by atoms with Gasteiger partial charge in [0.2, 0.25) is 5.91 Å². The Morgan fingerprint density at radius 1 is 1.42 bits per heavy atom. The maximum Gasteiger partial charge on any atom is 0.326 e. The lowest BCUT2D eigenvalue weighted by Crippen LogP contribution is -2.56. The van der Waals surface area contributed by atoms with Crippen LogP contribution in [0.3, 0.4) is 0 Å². The number of likely N-dealkylation sites (tertiary alicyclic amines) is 1. The van der Waals surface area contributed by atoms with Gasteiger partial charge in [0.15, 0.2) is 0 Å². The Balaban J connectivity index is 2.79. The maximum absolute atomic E-state index is 12.3. The van der Waals surface area contributed by atoms with Crippen molar-refractivity contribution in [2.24, 2.45) is 17.6 Å². The highest BCUT2D eigenvalue weighted by Crippen LogP contribution is 2.26. The molecule has 4 unspecified atom stereocenters. The average molecular weight is 270 g/mol. The number of nitrogens with zero attached hydrogens (tertiary/aromatic N) is 1. The van der Waals surface area contributed by atoms with Crippen LogP contribution in [0.25, 0.3) is 0 Å². The molecule has 5 heteroatoms. The van der Waals surface area contributed by atoms with Gasteiger partial charge in [0.25, 0.3) is 0 Å². The number of carboxylic acid groups (broad SMARTS) is 1. The summed E-state index contributed by atoms with van der Waals surface area (Å²) in [6, 6.07) is -1.30. The van der Waals surface area contributed by atoms with Crippen LogP contribution in [0.1, 0.15) is 46.5 Å². The number of carboxylic acids is 1. The van der Waals surface area contributed by atoms with Crippen LogP contribution in [0.2, 0.25) is 0 Å². The number of carbonyl (C=O) groups is 2. The first-order valence-electron chi connectivity index (χ1n) is 7.21. The molecular weight excluding hydrogens is 244 g/mol. The number of aliphatic carboxylic acids is 1. The zero-order valence-corrected chi connectivity index (χ0v) is 12.1. The molecule has 0 radical (unpaired) electrons. The van der Waals surface area contributed by atoms with Gasteiger partial charge >= 0.3 is 5.97 Å². The number of carbonyl (C=O) groups excluding carboxylic acids is 1. The molecule has 0 aromatic rings. The molecule has 1 aliphatic rings. The van der Waals surface area contributed by atoms with Crippen LogP contribution in [-0.2, 0) is 9.59 Å². The van der Waals surface area contributed by atoms with Crippen molar-refractivity contribution in [2.45, 2.75) is 58.5 Å². The van der Waals surface area contributed by atoms with Gasteiger partial charge in [-0.15, -0.1) is 0 Å². The zero-order valence-electron chi connectivity index (χ0n) is 12.1. The summed E-state index contributed by atoms with van der Waals surface area (Å²) in [5.74, 6) is -0.657. The SMILES string of the molecule is CCC1CCN(C(=O)C(N)C(C)CC)C(C(=O)O)C1. The number of hydrogen-bond acceptors (Lipinski definition) is 3. The van der Waals surface area contributed by atoms with Crippen molar-refractivity contribution >= 4 is 11.9 Å². The lowest BCUT2D eigenvalue weighted by Gasteiger charge is -2.38. The molecule has 0 aliphatic carbocycles. The molecule has 1 aliphatic heterocycles. The normalized spacial score (nSPS) is 26.8. The highest BCUT2D eigenvalue weighted by molar-refractivity contribution is 5.87. The Kier molecular flexibility index (Phi) is 5.79. The molecule has 3 N–H and O–H groups in total. The van der Waals surface area contributed by atoms with Gasteiger partial charge < -0.3 is 15.7 Å². The van der Waals surface area contributed by atoms with Gasteiger partial charge in [-0.05, 0) is 24.7 Å². The minimum absolute atomic E-state index is 0.0749.